The van der Waals surface area contributed by atoms with Crippen LogP contribution in [-0.4, -0.2) is 7.05 Å². The maximum atomic E-state index is 4.97. The number of hydroxylamine groups is 1. The summed E-state index contributed by atoms with van der Waals surface area (Å²) < 4.78 is 4.97. The molecule has 3 nitrogen and oxygen atoms in total. The van der Waals surface area contributed by atoms with Crippen LogP contribution < -0.4 is 5.48 Å². The standard InChI is InChI=1S/C7H13NO2/c1-5-6(2)9-7(3)10-8-4/h8H,2-3,5H2,1,4H3. The predicted octanol–water partition coefficient (Wildman–Crippen LogP) is 1.55. The molecule has 0 aromatic heterocycles. The molecule has 0 amide bonds. The summed E-state index contributed by atoms with van der Waals surface area (Å²) in [5, 5.41) is 0. The Morgan fingerprint density at radius 3 is 2.50 bits per heavy atom. The average Bonchev–Trinajstić information content (AvgIpc) is 1.88. The molecule has 3 heteroatoms. The van der Waals surface area contributed by atoms with Crippen LogP contribution in [0.4, 0.5) is 0 Å². The number of allylic oxidation sites excluding steroid dienone is 1. The van der Waals surface area contributed by atoms with Crippen molar-refractivity contribution in [3.63, 3.8) is 0 Å². The lowest BCUT2D eigenvalue weighted by Gasteiger charge is -2.08. The molecule has 0 rings (SSSR count). The van der Waals surface area contributed by atoms with E-state index in [9.17, 15) is 0 Å². The van der Waals surface area contributed by atoms with E-state index in [1.807, 2.05) is 6.92 Å². The molecule has 1 N–H and O–H groups in total. The molecule has 0 heterocycles. The van der Waals surface area contributed by atoms with Crippen molar-refractivity contribution in [2.24, 2.45) is 0 Å². The van der Waals surface area contributed by atoms with E-state index < -0.39 is 0 Å². The van der Waals surface area contributed by atoms with E-state index in [-0.39, 0.29) is 5.95 Å². The first kappa shape index (κ1) is 9.04. The van der Waals surface area contributed by atoms with E-state index in [0.29, 0.717) is 5.76 Å². The van der Waals surface area contributed by atoms with Gasteiger partial charge in [0.2, 0.25) is 0 Å². The molecule has 0 aliphatic heterocycles. The van der Waals surface area contributed by atoms with Gasteiger partial charge >= 0.3 is 0 Å². The normalized spacial score (nSPS) is 8.60. The summed E-state index contributed by atoms with van der Waals surface area (Å²) in [6, 6.07) is 0. The minimum absolute atomic E-state index is 0.217. The highest BCUT2D eigenvalue weighted by Crippen LogP contribution is 2.04. The summed E-state index contributed by atoms with van der Waals surface area (Å²) >= 11 is 0. The van der Waals surface area contributed by atoms with Crippen molar-refractivity contribution in [3.05, 3.63) is 24.9 Å². The summed E-state index contributed by atoms with van der Waals surface area (Å²) in [7, 11) is 1.63. The fourth-order valence-electron chi connectivity index (χ4n) is 0.368. The summed E-state index contributed by atoms with van der Waals surface area (Å²) in [6.07, 6.45) is 0.756. The second-order valence-electron chi connectivity index (χ2n) is 1.67. The van der Waals surface area contributed by atoms with Gasteiger partial charge in [-0.2, -0.15) is 5.48 Å². The van der Waals surface area contributed by atoms with Crippen LogP contribution in [0.3, 0.4) is 0 Å². The van der Waals surface area contributed by atoms with Crippen LogP contribution in [0.25, 0.3) is 0 Å². The van der Waals surface area contributed by atoms with Crippen LogP contribution in [0.2, 0.25) is 0 Å². The zero-order valence-corrected chi connectivity index (χ0v) is 6.44. The van der Waals surface area contributed by atoms with Crippen molar-refractivity contribution in [2.45, 2.75) is 13.3 Å². The van der Waals surface area contributed by atoms with Gasteiger partial charge in [-0.05, 0) is 6.58 Å². The first-order valence-electron chi connectivity index (χ1n) is 3.08. The topological polar surface area (TPSA) is 30.5 Å². The molecule has 0 spiro atoms. The minimum atomic E-state index is 0.217. The Morgan fingerprint density at radius 1 is 1.50 bits per heavy atom. The Balaban J connectivity index is 3.47. The van der Waals surface area contributed by atoms with Gasteiger partial charge in [-0.25, -0.2) is 0 Å². The fraction of sp³-hybridized carbons (Fsp3) is 0.429. The molecule has 10 heavy (non-hydrogen) atoms. The zero-order chi connectivity index (χ0) is 7.98. The first-order valence-corrected chi connectivity index (χ1v) is 3.08. The lowest BCUT2D eigenvalue weighted by molar-refractivity contribution is 0.0181. The van der Waals surface area contributed by atoms with Crippen molar-refractivity contribution >= 4 is 0 Å². The molecular formula is C7H13NO2. The third-order valence-electron chi connectivity index (χ3n) is 0.868. The highest BCUT2D eigenvalue weighted by atomic mass is 16.8. The third-order valence-corrected chi connectivity index (χ3v) is 0.868. The summed E-state index contributed by atoms with van der Waals surface area (Å²) in [4.78, 5) is 4.69. The SMILES string of the molecule is C=C(CC)OC(=C)ONC. The zero-order valence-electron chi connectivity index (χ0n) is 6.44. The Kier molecular flexibility index (Phi) is 4.41. The molecule has 0 atom stereocenters. The van der Waals surface area contributed by atoms with Crippen LogP contribution in [0, 0.1) is 0 Å². The van der Waals surface area contributed by atoms with Gasteiger partial charge in [0.05, 0.1) is 0 Å². The van der Waals surface area contributed by atoms with Gasteiger partial charge in [-0.15, -0.1) is 0 Å². The number of hydrogen-bond donors (Lipinski definition) is 1. The molecule has 0 saturated heterocycles. The maximum absolute atomic E-state index is 4.97. The highest BCUT2D eigenvalue weighted by Gasteiger charge is 1.95. The Morgan fingerprint density at radius 2 is 2.10 bits per heavy atom. The summed E-state index contributed by atoms with van der Waals surface area (Å²) in [5.74, 6) is 0.856. The Hall–Kier alpha value is -0.960. The Bertz CT molecular complexity index is 132. The monoisotopic (exact) mass is 143 g/mol. The van der Waals surface area contributed by atoms with Crippen molar-refractivity contribution in [3.8, 4) is 0 Å². The van der Waals surface area contributed by atoms with Gasteiger partial charge in [0, 0.05) is 13.5 Å². The molecule has 0 aliphatic carbocycles. The van der Waals surface area contributed by atoms with Gasteiger partial charge in [0.25, 0.3) is 5.95 Å². The number of ether oxygens (including phenoxy) is 1. The van der Waals surface area contributed by atoms with Gasteiger partial charge in [-0.1, -0.05) is 13.5 Å². The molecule has 0 saturated carbocycles. The average molecular weight is 143 g/mol. The lowest BCUT2D eigenvalue weighted by atomic mass is 10.4. The molecule has 0 aromatic carbocycles. The van der Waals surface area contributed by atoms with Gasteiger partial charge in [0.1, 0.15) is 5.76 Å². The molecule has 0 unspecified atom stereocenters. The van der Waals surface area contributed by atoms with Crippen LogP contribution in [-0.2, 0) is 9.57 Å². The van der Waals surface area contributed by atoms with E-state index in [0.717, 1.165) is 6.42 Å². The molecule has 0 radical (unpaired) electrons. The van der Waals surface area contributed by atoms with Crippen LogP contribution in [0.1, 0.15) is 13.3 Å². The minimum Gasteiger partial charge on any atom is -0.431 e. The highest BCUT2D eigenvalue weighted by molar-refractivity contribution is 4.85. The molecule has 0 aromatic rings. The van der Waals surface area contributed by atoms with Crippen LogP contribution in [0.15, 0.2) is 24.9 Å². The van der Waals surface area contributed by atoms with E-state index >= 15 is 0 Å². The first-order chi connectivity index (χ1) is 4.70. The second kappa shape index (κ2) is 4.88. The van der Waals surface area contributed by atoms with Gasteiger partial charge in [0.15, 0.2) is 0 Å². The van der Waals surface area contributed by atoms with Crippen LogP contribution >= 0.6 is 0 Å². The number of nitrogens with one attached hydrogen (secondary N) is 1. The Labute approximate surface area is 61.3 Å². The van der Waals surface area contributed by atoms with Crippen molar-refractivity contribution in [1.82, 2.24) is 5.48 Å². The number of hydrogen-bond acceptors (Lipinski definition) is 3. The summed E-state index contributed by atoms with van der Waals surface area (Å²) in [5.41, 5.74) is 2.43. The third kappa shape index (κ3) is 3.97. The molecule has 0 aliphatic rings. The van der Waals surface area contributed by atoms with Crippen molar-refractivity contribution in [1.29, 1.82) is 0 Å². The van der Waals surface area contributed by atoms with Crippen molar-refractivity contribution < 1.29 is 9.57 Å². The predicted molar refractivity (Wildman–Crippen MR) is 39.8 cm³/mol. The lowest BCUT2D eigenvalue weighted by Crippen LogP contribution is -2.07. The molecule has 58 valence electrons. The molecular weight excluding hydrogens is 130 g/mol. The largest absolute Gasteiger partial charge is 0.431 e. The smallest absolute Gasteiger partial charge is 0.297 e. The van der Waals surface area contributed by atoms with E-state index in [2.05, 4.69) is 23.5 Å². The van der Waals surface area contributed by atoms with E-state index in [1.165, 1.54) is 0 Å². The van der Waals surface area contributed by atoms with Gasteiger partial charge < -0.3 is 9.57 Å². The van der Waals surface area contributed by atoms with E-state index in [4.69, 9.17) is 4.74 Å². The van der Waals surface area contributed by atoms with E-state index in [1.54, 1.807) is 7.05 Å². The van der Waals surface area contributed by atoms with Crippen LogP contribution in [0.5, 0.6) is 0 Å². The number of rotatable bonds is 5. The summed E-state index contributed by atoms with van der Waals surface area (Å²) in [6.45, 7) is 9.01. The maximum Gasteiger partial charge on any atom is 0.297 e. The fourth-order valence-corrected chi connectivity index (χ4v) is 0.368. The molecule has 0 fully saturated rings. The quantitative estimate of drug-likeness (QED) is 0.468. The molecule has 0 bridgehead atoms. The van der Waals surface area contributed by atoms with Crippen molar-refractivity contribution in [2.75, 3.05) is 7.05 Å². The van der Waals surface area contributed by atoms with Gasteiger partial charge in [-0.3, -0.25) is 0 Å². The second-order valence-corrected chi connectivity index (χ2v) is 1.67.